The summed E-state index contributed by atoms with van der Waals surface area (Å²) in [6.07, 6.45) is 84.0. The maximum atomic E-state index is 12.9. The number of rotatable bonds is 69. The van der Waals surface area contributed by atoms with Gasteiger partial charge in [0.2, 0.25) is 0 Å². The van der Waals surface area contributed by atoms with E-state index in [4.69, 9.17) is 14.2 Å². The van der Waals surface area contributed by atoms with Crippen LogP contribution in [0, 0.1) is 0 Å². The highest BCUT2D eigenvalue weighted by molar-refractivity contribution is 5.71. The first-order chi connectivity index (χ1) is 39.5. The molecule has 474 valence electrons. The molecule has 0 aliphatic heterocycles. The predicted molar refractivity (Wildman–Crippen MR) is 349 cm³/mol. The summed E-state index contributed by atoms with van der Waals surface area (Å²) in [6.45, 7) is 6.73. The third-order valence-electron chi connectivity index (χ3n) is 17.0. The molecule has 0 rings (SSSR count). The standard InChI is InChI=1S/C74H142O6/c1-4-7-10-13-16-19-22-24-26-28-30-32-34-36-37-38-40-41-43-45-47-49-52-55-58-61-64-67-73(76)79-70-71(69-78-72(75)66-63-60-57-54-51-21-18-15-12-9-6-3)80-74(77)68-65-62-59-56-53-50-48-46-44-42-39-35-33-31-29-27-25-23-20-17-14-11-8-5-2/h28,30,71H,4-27,29,31-70H2,1-3H3/b30-28-. The van der Waals surface area contributed by atoms with Gasteiger partial charge in [-0.2, -0.15) is 0 Å². The second-order valence-electron chi connectivity index (χ2n) is 25.2. The van der Waals surface area contributed by atoms with E-state index in [-0.39, 0.29) is 31.1 Å². The van der Waals surface area contributed by atoms with Gasteiger partial charge < -0.3 is 14.2 Å². The molecule has 0 aromatic rings. The molecular weight excluding hydrogens is 985 g/mol. The van der Waals surface area contributed by atoms with E-state index in [0.717, 1.165) is 57.8 Å². The van der Waals surface area contributed by atoms with E-state index in [9.17, 15) is 14.4 Å². The van der Waals surface area contributed by atoms with Crippen molar-refractivity contribution in [2.24, 2.45) is 0 Å². The van der Waals surface area contributed by atoms with Crippen molar-refractivity contribution in [2.75, 3.05) is 13.2 Å². The molecular formula is C74H142O6. The molecule has 0 saturated carbocycles. The lowest BCUT2D eigenvalue weighted by atomic mass is 10.0. The molecule has 0 N–H and O–H groups in total. The molecule has 0 radical (unpaired) electrons. The normalized spacial score (nSPS) is 12.0. The topological polar surface area (TPSA) is 78.9 Å². The molecule has 1 atom stereocenters. The summed E-state index contributed by atoms with van der Waals surface area (Å²) >= 11 is 0. The van der Waals surface area contributed by atoms with Crippen molar-refractivity contribution in [1.82, 2.24) is 0 Å². The van der Waals surface area contributed by atoms with Gasteiger partial charge in [0.1, 0.15) is 13.2 Å². The lowest BCUT2D eigenvalue weighted by Crippen LogP contribution is -2.30. The van der Waals surface area contributed by atoms with Gasteiger partial charge >= 0.3 is 17.9 Å². The first-order valence-corrected chi connectivity index (χ1v) is 36.7. The van der Waals surface area contributed by atoms with Crippen molar-refractivity contribution in [2.45, 2.75) is 431 Å². The van der Waals surface area contributed by atoms with Gasteiger partial charge in [0.15, 0.2) is 6.10 Å². The zero-order valence-electron chi connectivity index (χ0n) is 54.6. The summed E-state index contributed by atoms with van der Waals surface area (Å²) in [7, 11) is 0. The Bertz CT molecular complexity index is 1250. The van der Waals surface area contributed by atoms with Crippen LogP contribution in [0.15, 0.2) is 12.2 Å². The number of unbranched alkanes of at least 4 members (excludes halogenated alkanes) is 56. The Balaban J connectivity index is 4.13. The minimum Gasteiger partial charge on any atom is -0.462 e. The van der Waals surface area contributed by atoms with Crippen molar-refractivity contribution in [3.05, 3.63) is 12.2 Å². The zero-order chi connectivity index (χ0) is 57.8. The summed E-state index contributed by atoms with van der Waals surface area (Å²) in [6, 6.07) is 0. The van der Waals surface area contributed by atoms with Crippen molar-refractivity contribution >= 4 is 17.9 Å². The van der Waals surface area contributed by atoms with Crippen LogP contribution in [0.4, 0.5) is 0 Å². The lowest BCUT2D eigenvalue weighted by Gasteiger charge is -2.18. The first-order valence-electron chi connectivity index (χ1n) is 36.7. The molecule has 0 fully saturated rings. The van der Waals surface area contributed by atoms with Gasteiger partial charge in [0.25, 0.3) is 0 Å². The molecule has 0 bridgehead atoms. The Morgan fingerprint density at radius 1 is 0.237 bits per heavy atom. The highest BCUT2D eigenvalue weighted by atomic mass is 16.6. The third kappa shape index (κ3) is 66.9. The molecule has 0 aliphatic carbocycles. The Hall–Kier alpha value is -1.85. The molecule has 0 spiro atoms. The second-order valence-corrected chi connectivity index (χ2v) is 25.2. The molecule has 0 aromatic carbocycles. The molecule has 6 nitrogen and oxygen atoms in total. The van der Waals surface area contributed by atoms with Crippen LogP contribution in [0.25, 0.3) is 0 Å². The Morgan fingerprint density at radius 3 is 0.625 bits per heavy atom. The lowest BCUT2D eigenvalue weighted by molar-refractivity contribution is -0.167. The maximum Gasteiger partial charge on any atom is 0.306 e. The van der Waals surface area contributed by atoms with Gasteiger partial charge in [-0.05, 0) is 44.9 Å². The zero-order valence-corrected chi connectivity index (χ0v) is 54.6. The fourth-order valence-corrected chi connectivity index (χ4v) is 11.5. The van der Waals surface area contributed by atoms with Crippen molar-refractivity contribution in [1.29, 1.82) is 0 Å². The fraction of sp³-hybridized carbons (Fsp3) is 0.932. The van der Waals surface area contributed by atoms with Crippen molar-refractivity contribution in [3.8, 4) is 0 Å². The average molecular weight is 1130 g/mol. The molecule has 0 amide bonds. The molecule has 0 aliphatic rings. The Labute approximate surface area is 501 Å². The first kappa shape index (κ1) is 78.1. The van der Waals surface area contributed by atoms with Crippen LogP contribution in [-0.4, -0.2) is 37.2 Å². The van der Waals surface area contributed by atoms with E-state index in [1.165, 1.54) is 327 Å². The van der Waals surface area contributed by atoms with Crippen molar-refractivity contribution < 1.29 is 28.6 Å². The van der Waals surface area contributed by atoms with E-state index in [1.807, 2.05) is 0 Å². The summed E-state index contributed by atoms with van der Waals surface area (Å²) < 4.78 is 17.0. The highest BCUT2D eigenvalue weighted by Crippen LogP contribution is 2.19. The summed E-state index contributed by atoms with van der Waals surface area (Å²) in [5, 5.41) is 0. The molecule has 0 heterocycles. The van der Waals surface area contributed by atoms with E-state index in [2.05, 4.69) is 32.9 Å². The van der Waals surface area contributed by atoms with Gasteiger partial charge in [0, 0.05) is 19.3 Å². The number of carbonyl (C=O) groups is 3. The third-order valence-corrected chi connectivity index (χ3v) is 17.0. The van der Waals surface area contributed by atoms with Gasteiger partial charge in [-0.3, -0.25) is 14.4 Å². The minimum atomic E-state index is -0.765. The number of hydrogen-bond acceptors (Lipinski definition) is 6. The fourth-order valence-electron chi connectivity index (χ4n) is 11.5. The molecule has 0 aromatic heterocycles. The van der Waals surface area contributed by atoms with Crippen LogP contribution in [-0.2, 0) is 28.6 Å². The van der Waals surface area contributed by atoms with E-state index in [1.54, 1.807) is 0 Å². The highest BCUT2D eigenvalue weighted by Gasteiger charge is 2.20. The largest absolute Gasteiger partial charge is 0.462 e. The molecule has 1 unspecified atom stereocenters. The van der Waals surface area contributed by atoms with Crippen LogP contribution in [0.2, 0.25) is 0 Å². The minimum absolute atomic E-state index is 0.0624. The van der Waals surface area contributed by atoms with Gasteiger partial charge in [0.05, 0.1) is 0 Å². The van der Waals surface area contributed by atoms with Gasteiger partial charge in [-0.15, -0.1) is 0 Å². The summed E-state index contributed by atoms with van der Waals surface area (Å²) in [5.41, 5.74) is 0. The average Bonchev–Trinajstić information content (AvgIpc) is 3.46. The summed E-state index contributed by atoms with van der Waals surface area (Å²) in [5.74, 6) is -0.826. The van der Waals surface area contributed by atoms with Gasteiger partial charge in [-0.25, -0.2) is 0 Å². The maximum absolute atomic E-state index is 12.9. The predicted octanol–water partition coefficient (Wildman–Crippen LogP) is 25.2. The van der Waals surface area contributed by atoms with E-state index < -0.39 is 6.10 Å². The molecule has 80 heavy (non-hydrogen) atoms. The molecule has 6 heteroatoms. The SMILES string of the molecule is CCCCCCCCCC/C=C\CCCCCCCCCCCCCCCCCC(=O)OCC(COC(=O)CCCCCCCCCCCCC)OC(=O)CCCCCCCCCCCCCCCCCCCCCCCCCC. The second kappa shape index (κ2) is 69.6. The molecule has 0 saturated heterocycles. The van der Waals surface area contributed by atoms with E-state index in [0.29, 0.717) is 19.3 Å². The Kier molecular flexibility index (Phi) is 68.0. The van der Waals surface area contributed by atoms with Crippen LogP contribution in [0.3, 0.4) is 0 Å². The number of esters is 3. The smallest absolute Gasteiger partial charge is 0.306 e. The summed E-state index contributed by atoms with van der Waals surface area (Å²) in [4.78, 5) is 38.4. The Morgan fingerprint density at radius 2 is 0.412 bits per heavy atom. The van der Waals surface area contributed by atoms with Crippen LogP contribution >= 0.6 is 0 Å². The van der Waals surface area contributed by atoms with E-state index >= 15 is 0 Å². The van der Waals surface area contributed by atoms with Crippen LogP contribution in [0.1, 0.15) is 425 Å². The van der Waals surface area contributed by atoms with Gasteiger partial charge in [-0.1, -0.05) is 373 Å². The number of hydrogen-bond donors (Lipinski definition) is 0. The van der Waals surface area contributed by atoms with Crippen LogP contribution in [0.5, 0.6) is 0 Å². The quantitative estimate of drug-likeness (QED) is 0.0261. The van der Waals surface area contributed by atoms with Crippen molar-refractivity contribution in [3.63, 3.8) is 0 Å². The monoisotopic (exact) mass is 1130 g/mol. The number of allylic oxidation sites excluding steroid dienone is 2. The number of carbonyl (C=O) groups excluding carboxylic acids is 3. The van der Waals surface area contributed by atoms with Crippen LogP contribution < -0.4 is 0 Å². The number of ether oxygens (including phenoxy) is 3.